The molecule has 0 saturated carbocycles. The van der Waals surface area contributed by atoms with Crippen LogP contribution in [0.1, 0.15) is 99.7 Å². The van der Waals surface area contributed by atoms with Crippen molar-refractivity contribution < 1.29 is 38.6 Å². The predicted octanol–water partition coefficient (Wildman–Crippen LogP) is 3.79. The Kier molecular flexibility index (Phi) is 18.6. The Balaban J connectivity index is 2.27. The highest BCUT2D eigenvalue weighted by Crippen LogP contribution is 2.30. The van der Waals surface area contributed by atoms with Crippen LogP contribution in [-0.4, -0.2) is 127 Å². The van der Waals surface area contributed by atoms with Crippen molar-refractivity contribution >= 4 is 29.5 Å². The summed E-state index contributed by atoms with van der Waals surface area (Å²) in [5.41, 5.74) is 0.700. The van der Waals surface area contributed by atoms with Gasteiger partial charge in [0.05, 0.1) is 48.8 Å². The van der Waals surface area contributed by atoms with E-state index in [-0.39, 0.29) is 53.8 Å². The summed E-state index contributed by atoms with van der Waals surface area (Å²) in [6.07, 6.45) is -0.0592. The minimum Gasteiger partial charge on any atom is -0.386 e. The van der Waals surface area contributed by atoms with Gasteiger partial charge in [-0.25, -0.2) is 0 Å². The van der Waals surface area contributed by atoms with E-state index in [1.54, 1.807) is 44.9 Å². The zero-order chi connectivity index (χ0) is 41.0. The Hall–Kier alpha value is -3.55. The molecule has 1 fully saturated rings. The third-order valence-corrected chi connectivity index (χ3v) is 11.3. The van der Waals surface area contributed by atoms with Crippen molar-refractivity contribution in [2.24, 2.45) is 23.7 Å². The Labute approximate surface area is 323 Å². The van der Waals surface area contributed by atoms with E-state index in [2.05, 4.69) is 10.6 Å². The lowest BCUT2D eigenvalue weighted by Gasteiger charge is -2.41. The minimum atomic E-state index is -0.889. The van der Waals surface area contributed by atoms with E-state index in [1.165, 1.54) is 18.9 Å². The summed E-state index contributed by atoms with van der Waals surface area (Å²) in [6, 6.07) is 6.10. The molecule has 0 aliphatic carbocycles. The van der Waals surface area contributed by atoms with E-state index >= 15 is 0 Å². The fraction of sp³-hybridized carbons (Fsp3) is 0.732. The van der Waals surface area contributed by atoms with Crippen LogP contribution in [0.3, 0.4) is 0 Å². The summed E-state index contributed by atoms with van der Waals surface area (Å²) in [5, 5.41) is 16.7. The van der Waals surface area contributed by atoms with Gasteiger partial charge in [-0.05, 0) is 43.1 Å². The average molecular weight is 760 g/mol. The number of methoxy groups -OCH3 is 2. The van der Waals surface area contributed by atoms with Crippen molar-refractivity contribution in [2.45, 2.75) is 137 Å². The average Bonchev–Trinajstić information content (AvgIpc) is 3.62. The Morgan fingerprint density at radius 3 is 2.00 bits per heavy atom. The summed E-state index contributed by atoms with van der Waals surface area (Å²) < 4.78 is 11.9. The van der Waals surface area contributed by atoms with Crippen LogP contribution in [0.15, 0.2) is 30.3 Å². The first-order chi connectivity index (χ1) is 25.3. The lowest BCUT2D eigenvalue weighted by Crippen LogP contribution is -2.60. The molecule has 0 bridgehead atoms. The molecule has 1 saturated heterocycles. The van der Waals surface area contributed by atoms with E-state index in [4.69, 9.17) is 9.47 Å². The van der Waals surface area contributed by atoms with E-state index < -0.39 is 54.3 Å². The second kappa shape index (κ2) is 21.5. The summed E-state index contributed by atoms with van der Waals surface area (Å²) >= 11 is 0. The molecule has 1 aliphatic rings. The number of ether oxygens (including phenoxy) is 2. The zero-order valence-corrected chi connectivity index (χ0v) is 35.0. The highest BCUT2D eigenvalue weighted by Gasteiger charge is 2.43. The molecule has 13 nitrogen and oxygen atoms in total. The molecule has 1 aromatic rings. The number of carbonyl (C=O) groups excluding carboxylic acids is 5. The molecule has 0 radical (unpaired) electrons. The maximum absolute atomic E-state index is 14.3. The van der Waals surface area contributed by atoms with Crippen LogP contribution >= 0.6 is 0 Å². The fourth-order valence-corrected chi connectivity index (χ4v) is 7.77. The maximum Gasteiger partial charge on any atom is 0.245 e. The van der Waals surface area contributed by atoms with Crippen LogP contribution in [0.4, 0.5) is 0 Å². The molecule has 0 unspecified atom stereocenters. The van der Waals surface area contributed by atoms with Crippen molar-refractivity contribution in [3.63, 3.8) is 0 Å². The van der Waals surface area contributed by atoms with Gasteiger partial charge in [-0.15, -0.1) is 0 Å². The van der Waals surface area contributed by atoms with Crippen molar-refractivity contribution in [2.75, 3.05) is 34.9 Å². The van der Waals surface area contributed by atoms with Gasteiger partial charge in [-0.3, -0.25) is 24.0 Å². The number of benzene rings is 1. The minimum absolute atomic E-state index is 0.00548. The first-order valence-electron chi connectivity index (χ1n) is 19.5. The standard InChI is InChI=1S/C41H69N5O8/c1-14-26(6)36(45(11)41(52)34(24(2)3)43-40(51)35(25(4)5)44(10)29(9)47)32(53-12)23-33(48)46-22-18-21-31(46)38(54-13)27(7)39(50)42-28(8)37(49)30-19-16-15-17-20-30/h15-17,19-20,24-28,31-32,34-38,49H,14,18,21-23H2,1-13H3,(H,42,50)(H,43,51)/t26-,27+,28+,31-,32+,34-,35-,36-,37+,38+/m0/s1. The van der Waals surface area contributed by atoms with Crippen LogP contribution in [-0.2, 0) is 33.4 Å². The number of likely N-dealkylation sites (tertiary alicyclic amines) is 1. The topological polar surface area (TPSA) is 158 Å². The lowest BCUT2D eigenvalue weighted by molar-refractivity contribution is -0.148. The second-order valence-electron chi connectivity index (χ2n) is 15.8. The lowest BCUT2D eigenvalue weighted by atomic mass is 9.89. The smallest absolute Gasteiger partial charge is 0.245 e. The van der Waals surface area contributed by atoms with Gasteiger partial charge in [0, 0.05) is 41.8 Å². The Morgan fingerprint density at radius 1 is 0.889 bits per heavy atom. The highest BCUT2D eigenvalue weighted by molar-refractivity contribution is 5.92. The molecule has 10 atom stereocenters. The molecular formula is C41H69N5O8. The molecular weight excluding hydrogens is 690 g/mol. The van der Waals surface area contributed by atoms with Gasteiger partial charge in [0.1, 0.15) is 12.1 Å². The van der Waals surface area contributed by atoms with Crippen LogP contribution in [0, 0.1) is 23.7 Å². The van der Waals surface area contributed by atoms with Crippen LogP contribution in [0.5, 0.6) is 0 Å². The molecule has 0 spiro atoms. The van der Waals surface area contributed by atoms with Gasteiger partial charge in [-0.1, -0.05) is 85.2 Å². The molecule has 1 aromatic carbocycles. The van der Waals surface area contributed by atoms with Crippen molar-refractivity contribution in [1.29, 1.82) is 0 Å². The highest BCUT2D eigenvalue weighted by atomic mass is 16.5. The number of nitrogens with one attached hydrogen (secondary N) is 2. The largest absolute Gasteiger partial charge is 0.386 e. The number of aliphatic hydroxyl groups is 1. The fourth-order valence-electron chi connectivity index (χ4n) is 7.77. The molecule has 3 N–H and O–H groups in total. The van der Waals surface area contributed by atoms with Gasteiger partial charge < -0.3 is 39.9 Å². The van der Waals surface area contributed by atoms with E-state index in [1.807, 2.05) is 71.9 Å². The van der Waals surface area contributed by atoms with E-state index in [0.29, 0.717) is 24.9 Å². The number of rotatable bonds is 20. The van der Waals surface area contributed by atoms with Gasteiger partial charge in [0.15, 0.2) is 0 Å². The number of likely N-dealkylation sites (N-methyl/N-ethyl adjacent to an activating group) is 2. The molecule has 0 aromatic heterocycles. The quantitative estimate of drug-likeness (QED) is 0.181. The first-order valence-corrected chi connectivity index (χ1v) is 19.5. The number of aliphatic hydroxyl groups excluding tert-OH is 1. The summed E-state index contributed by atoms with van der Waals surface area (Å²) in [4.78, 5) is 72.4. The molecule has 5 amide bonds. The monoisotopic (exact) mass is 760 g/mol. The molecule has 1 heterocycles. The number of carbonyl (C=O) groups is 5. The van der Waals surface area contributed by atoms with E-state index in [9.17, 15) is 29.1 Å². The summed E-state index contributed by atoms with van der Waals surface area (Å²) in [6.45, 7) is 16.9. The van der Waals surface area contributed by atoms with Crippen molar-refractivity contribution in [1.82, 2.24) is 25.3 Å². The predicted molar refractivity (Wildman–Crippen MR) is 209 cm³/mol. The third kappa shape index (κ3) is 11.7. The summed E-state index contributed by atoms with van der Waals surface area (Å²) in [7, 11) is 6.35. The van der Waals surface area contributed by atoms with Crippen LogP contribution in [0.2, 0.25) is 0 Å². The Bertz CT molecular complexity index is 1380. The van der Waals surface area contributed by atoms with Gasteiger partial charge in [0.25, 0.3) is 0 Å². The second-order valence-corrected chi connectivity index (χ2v) is 15.8. The van der Waals surface area contributed by atoms with Crippen molar-refractivity contribution in [3.8, 4) is 0 Å². The van der Waals surface area contributed by atoms with Crippen LogP contribution < -0.4 is 10.6 Å². The summed E-state index contributed by atoms with van der Waals surface area (Å²) in [5.74, 6) is -2.54. The van der Waals surface area contributed by atoms with Crippen molar-refractivity contribution in [3.05, 3.63) is 35.9 Å². The normalized spacial score (nSPS) is 19.6. The Morgan fingerprint density at radius 2 is 1.50 bits per heavy atom. The third-order valence-electron chi connectivity index (χ3n) is 11.3. The number of hydrogen-bond donors (Lipinski definition) is 3. The first kappa shape index (κ1) is 46.6. The number of nitrogens with zero attached hydrogens (tertiary/aromatic N) is 3. The van der Waals surface area contributed by atoms with Gasteiger partial charge in [0.2, 0.25) is 29.5 Å². The van der Waals surface area contributed by atoms with Crippen LogP contribution in [0.25, 0.3) is 0 Å². The molecule has 54 heavy (non-hydrogen) atoms. The molecule has 2 rings (SSSR count). The number of amides is 5. The van der Waals surface area contributed by atoms with E-state index in [0.717, 1.165) is 6.42 Å². The molecule has 13 heteroatoms. The van der Waals surface area contributed by atoms with Gasteiger partial charge >= 0.3 is 0 Å². The zero-order valence-electron chi connectivity index (χ0n) is 35.0. The molecule has 1 aliphatic heterocycles. The van der Waals surface area contributed by atoms with Gasteiger partial charge in [-0.2, -0.15) is 0 Å². The SMILES string of the molecule is CC[C@H](C)[C@@H]([C@@H](CC(=O)N1CCC[C@H]1[C@H](OC)[C@@H](C)C(=O)N[C@H](C)[C@@H](O)c1ccccc1)OC)N(C)C(=O)[C@@H](NC(=O)[C@H](C(C)C)N(C)C(C)=O)C(C)C. The number of hydrogen-bond acceptors (Lipinski definition) is 8. The maximum atomic E-state index is 14.3. The molecule has 306 valence electrons.